The second kappa shape index (κ2) is 8.34. The van der Waals surface area contributed by atoms with Crippen LogP contribution in [0.15, 0.2) is 18.2 Å². The summed E-state index contributed by atoms with van der Waals surface area (Å²) in [6.07, 6.45) is 0.115. The summed E-state index contributed by atoms with van der Waals surface area (Å²) < 4.78 is 9.88. The molecule has 0 saturated carbocycles. The SMILES string of the molecule is CCOC(=O)[C@@H](N)Cc1cc([N+](=O)[O-])ccc1OC.Cl. The van der Waals surface area contributed by atoms with Gasteiger partial charge in [-0.1, -0.05) is 0 Å². The van der Waals surface area contributed by atoms with E-state index in [1.54, 1.807) is 6.92 Å². The van der Waals surface area contributed by atoms with Crippen molar-refractivity contribution in [2.24, 2.45) is 5.73 Å². The van der Waals surface area contributed by atoms with E-state index in [1.807, 2.05) is 0 Å². The van der Waals surface area contributed by atoms with Crippen LogP contribution < -0.4 is 10.5 Å². The first-order valence-electron chi connectivity index (χ1n) is 5.73. The number of methoxy groups -OCH3 is 1. The Hall–Kier alpha value is -1.86. The van der Waals surface area contributed by atoms with Crippen LogP contribution in [-0.4, -0.2) is 30.7 Å². The molecule has 8 heteroatoms. The first-order chi connectivity index (χ1) is 8.99. The number of esters is 1. The van der Waals surface area contributed by atoms with Crippen molar-refractivity contribution < 1.29 is 19.2 Å². The summed E-state index contributed by atoms with van der Waals surface area (Å²) in [5.74, 6) is -0.0959. The topological polar surface area (TPSA) is 105 Å². The van der Waals surface area contributed by atoms with Crippen LogP contribution in [-0.2, 0) is 16.0 Å². The monoisotopic (exact) mass is 304 g/mol. The zero-order valence-electron chi connectivity index (χ0n) is 11.2. The molecular formula is C12H17ClN2O5. The van der Waals surface area contributed by atoms with Crippen molar-refractivity contribution in [1.29, 1.82) is 0 Å². The number of carbonyl (C=O) groups excluding carboxylic acids is 1. The molecule has 0 fully saturated rings. The lowest BCUT2D eigenvalue weighted by Crippen LogP contribution is -2.34. The van der Waals surface area contributed by atoms with E-state index >= 15 is 0 Å². The Labute approximate surface area is 122 Å². The Morgan fingerprint density at radius 3 is 2.65 bits per heavy atom. The molecule has 0 aliphatic heterocycles. The van der Waals surface area contributed by atoms with Crippen LogP contribution in [0.1, 0.15) is 12.5 Å². The van der Waals surface area contributed by atoms with Crippen LogP contribution in [0.4, 0.5) is 5.69 Å². The third-order valence-electron chi connectivity index (χ3n) is 2.50. The first kappa shape index (κ1) is 18.1. The highest BCUT2D eigenvalue weighted by Gasteiger charge is 2.19. The summed E-state index contributed by atoms with van der Waals surface area (Å²) in [6, 6.07) is 3.28. The highest BCUT2D eigenvalue weighted by atomic mass is 35.5. The highest BCUT2D eigenvalue weighted by molar-refractivity contribution is 5.85. The number of nitrogens with two attached hydrogens (primary N) is 1. The van der Waals surface area contributed by atoms with Crippen LogP contribution in [0, 0.1) is 10.1 Å². The molecule has 2 N–H and O–H groups in total. The molecule has 0 unspecified atom stereocenters. The number of non-ortho nitro benzene ring substituents is 1. The van der Waals surface area contributed by atoms with Crippen molar-refractivity contribution >= 4 is 24.1 Å². The minimum absolute atomic E-state index is 0. The minimum Gasteiger partial charge on any atom is -0.496 e. The standard InChI is InChI=1S/C12H16N2O5.ClH/c1-3-19-12(15)10(13)7-8-6-9(14(16)17)4-5-11(8)18-2;/h4-6,10H,3,7,13H2,1-2H3;1H/t10-;/m0./s1. The fraction of sp³-hybridized carbons (Fsp3) is 0.417. The van der Waals surface area contributed by atoms with Gasteiger partial charge in [0.05, 0.1) is 18.6 Å². The molecule has 0 aliphatic carbocycles. The number of hydrogen-bond donors (Lipinski definition) is 1. The second-order valence-electron chi connectivity index (χ2n) is 3.82. The zero-order valence-corrected chi connectivity index (χ0v) is 12.0. The molecule has 0 aliphatic rings. The number of ether oxygens (including phenoxy) is 2. The Morgan fingerprint density at radius 2 is 2.15 bits per heavy atom. The molecule has 0 radical (unpaired) electrons. The highest BCUT2D eigenvalue weighted by Crippen LogP contribution is 2.25. The maximum atomic E-state index is 11.4. The molecule has 112 valence electrons. The molecule has 7 nitrogen and oxygen atoms in total. The second-order valence-corrected chi connectivity index (χ2v) is 3.82. The molecule has 0 heterocycles. The van der Waals surface area contributed by atoms with Gasteiger partial charge in [0.1, 0.15) is 11.8 Å². The van der Waals surface area contributed by atoms with Gasteiger partial charge in [-0.2, -0.15) is 0 Å². The number of nitro groups is 1. The van der Waals surface area contributed by atoms with E-state index in [0.717, 1.165) is 0 Å². The predicted molar refractivity (Wildman–Crippen MR) is 75.2 cm³/mol. The molecule has 0 bridgehead atoms. The van der Waals surface area contributed by atoms with Crippen molar-refractivity contribution in [1.82, 2.24) is 0 Å². The van der Waals surface area contributed by atoms with Gasteiger partial charge in [-0.3, -0.25) is 14.9 Å². The molecule has 0 spiro atoms. The predicted octanol–water partition coefficient (Wildman–Crippen LogP) is 1.46. The number of benzene rings is 1. The lowest BCUT2D eigenvalue weighted by atomic mass is 10.0. The molecule has 1 atom stereocenters. The number of nitro benzene ring substituents is 1. The number of hydrogen-bond acceptors (Lipinski definition) is 6. The Morgan fingerprint density at radius 1 is 1.50 bits per heavy atom. The fourth-order valence-corrected chi connectivity index (χ4v) is 1.61. The van der Waals surface area contributed by atoms with E-state index in [0.29, 0.717) is 11.3 Å². The van der Waals surface area contributed by atoms with Crippen molar-refractivity contribution in [3.8, 4) is 5.75 Å². The first-order valence-corrected chi connectivity index (χ1v) is 5.73. The molecule has 1 aromatic rings. The van der Waals surface area contributed by atoms with Gasteiger partial charge in [0.15, 0.2) is 0 Å². The largest absolute Gasteiger partial charge is 0.496 e. The molecule has 0 saturated heterocycles. The zero-order chi connectivity index (χ0) is 14.4. The third-order valence-corrected chi connectivity index (χ3v) is 2.50. The summed E-state index contributed by atoms with van der Waals surface area (Å²) in [5, 5.41) is 10.7. The Kier molecular flexibility index (Phi) is 7.56. The van der Waals surface area contributed by atoms with E-state index in [1.165, 1.54) is 25.3 Å². The molecule has 1 rings (SSSR count). The molecule has 20 heavy (non-hydrogen) atoms. The average Bonchev–Trinajstić information content (AvgIpc) is 2.38. The maximum absolute atomic E-state index is 11.4. The van der Waals surface area contributed by atoms with Crippen LogP contribution in [0.5, 0.6) is 5.75 Å². The minimum atomic E-state index is -0.879. The molecule has 0 amide bonds. The Balaban J connectivity index is 0.00000361. The smallest absolute Gasteiger partial charge is 0.323 e. The molecule has 0 aromatic heterocycles. The quantitative estimate of drug-likeness (QED) is 0.484. The van der Waals surface area contributed by atoms with Crippen LogP contribution in [0.3, 0.4) is 0 Å². The van der Waals surface area contributed by atoms with Gasteiger partial charge in [0.25, 0.3) is 5.69 Å². The number of carbonyl (C=O) groups is 1. The van der Waals surface area contributed by atoms with Crippen LogP contribution in [0.2, 0.25) is 0 Å². The van der Waals surface area contributed by atoms with Gasteiger partial charge in [0, 0.05) is 24.1 Å². The Bertz CT molecular complexity index is 481. The van der Waals surface area contributed by atoms with Crippen LogP contribution >= 0.6 is 12.4 Å². The van der Waals surface area contributed by atoms with Crippen molar-refractivity contribution in [2.75, 3.05) is 13.7 Å². The van der Waals surface area contributed by atoms with Gasteiger partial charge in [0.2, 0.25) is 0 Å². The van der Waals surface area contributed by atoms with Gasteiger partial charge in [-0.15, -0.1) is 12.4 Å². The number of halogens is 1. The van der Waals surface area contributed by atoms with Gasteiger partial charge < -0.3 is 15.2 Å². The van der Waals surface area contributed by atoms with E-state index in [2.05, 4.69) is 0 Å². The lowest BCUT2D eigenvalue weighted by molar-refractivity contribution is -0.384. The van der Waals surface area contributed by atoms with E-state index < -0.39 is 16.9 Å². The van der Waals surface area contributed by atoms with Gasteiger partial charge in [-0.05, 0) is 13.0 Å². The maximum Gasteiger partial charge on any atom is 0.323 e. The third kappa shape index (κ3) is 4.67. The molecular weight excluding hydrogens is 288 g/mol. The van der Waals surface area contributed by atoms with Gasteiger partial charge >= 0.3 is 5.97 Å². The summed E-state index contributed by atoms with van der Waals surface area (Å²) in [7, 11) is 1.44. The normalized spacial score (nSPS) is 11.2. The summed E-state index contributed by atoms with van der Waals surface area (Å²) in [6.45, 7) is 1.91. The number of rotatable bonds is 6. The van der Waals surface area contributed by atoms with Gasteiger partial charge in [-0.25, -0.2) is 0 Å². The number of nitrogens with zero attached hydrogens (tertiary/aromatic N) is 1. The van der Waals surface area contributed by atoms with Crippen molar-refractivity contribution in [2.45, 2.75) is 19.4 Å². The fourth-order valence-electron chi connectivity index (χ4n) is 1.61. The summed E-state index contributed by atoms with van der Waals surface area (Å²) in [4.78, 5) is 21.6. The summed E-state index contributed by atoms with van der Waals surface area (Å²) >= 11 is 0. The molecule has 1 aromatic carbocycles. The van der Waals surface area contributed by atoms with Crippen molar-refractivity contribution in [3.05, 3.63) is 33.9 Å². The van der Waals surface area contributed by atoms with Crippen molar-refractivity contribution in [3.63, 3.8) is 0 Å². The average molecular weight is 305 g/mol. The summed E-state index contributed by atoms with van der Waals surface area (Å²) in [5.41, 5.74) is 6.11. The van der Waals surface area contributed by atoms with E-state index in [9.17, 15) is 14.9 Å². The van der Waals surface area contributed by atoms with Crippen LogP contribution in [0.25, 0.3) is 0 Å². The van der Waals surface area contributed by atoms with E-state index in [-0.39, 0.29) is 31.1 Å². The lowest BCUT2D eigenvalue weighted by Gasteiger charge is -2.13. The van der Waals surface area contributed by atoms with E-state index in [4.69, 9.17) is 15.2 Å².